The largest absolute Gasteiger partial charge is 0.375 e. The first-order valence-corrected chi connectivity index (χ1v) is 10.5. The van der Waals surface area contributed by atoms with Crippen molar-refractivity contribution in [3.8, 4) is 0 Å². The molecule has 9 nitrogen and oxygen atoms in total. The van der Waals surface area contributed by atoms with Crippen LogP contribution < -0.4 is 16.2 Å². The third-order valence-electron chi connectivity index (χ3n) is 4.78. The molecule has 1 aliphatic heterocycles. The molecule has 4 amide bonds. The molecule has 9 heteroatoms. The summed E-state index contributed by atoms with van der Waals surface area (Å²) in [5, 5.41) is 2.97. The minimum atomic E-state index is -0.397. The van der Waals surface area contributed by atoms with Crippen molar-refractivity contribution in [3.63, 3.8) is 0 Å². The van der Waals surface area contributed by atoms with E-state index >= 15 is 0 Å². The molecule has 174 valence electrons. The molecule has 0 radical (unpaired) electrons. The molecule has 3 N–H and O–H groups in total. The molecule has 30 heavy (non-hydrogen) atoms. The Morgan fingerprint density at radius 1 is 1.23 bits per heavy atom. The lowest BCUT2D eigenvalue weighted by atomic mass is 10.00. The summed E-state index contributed by atoms with van der Waals surface area (Å²) in [5.74, 6) is -0.784. The molecule has 1 atom stereocenters. The maximum Gasteiger partial charge on any atom is 0.232 e. The van der Waals surface area contributed by atoms with Gasteiger partial charge in [0.15, 0.2) is 0 Å². The number of hydrogen-bond acceptors (Lipinski definition) is 6. The van der Waals surface area contributed by atoms with Gasteiger partial charge in [0.25, 0.3) is 0 Å². The molecule has 1 fully saturated rings. The molecular formula is C21H40N4O5. The number of amides is 4. The maximum atomic E-state index is 12.2. The van der Waals surface area contributed by atoms with Crippen molar-refractivity contribution in [2.75, 3.05) is 20.2 Å². The summed E-state index contributed by atoms with van der Waals surface area (Å²) in [6.45, 7) is 12.7. The number of likely N-dealkylation sites (tertiary alicyclic amines) is 1. The van der Waals surface area contributed by atoms with Gasteiger partial charge in [0.05, 0.1) is 5.60 Å². The molecule has 0 aliphatic carbocycles. The van der Waals surface area contributed by atoms with Gasteiger partial charge >= 0.3 is 0 Å². The zero-order valence-electron chi connectivity index (χ0n) is 19.6. The highest BCUT2D eigenvalue weighted by Gasteiger charge is 2.35. The SMILES string of the molecule is CCCC(C)(C)OCCC(C)(C)NC(=O)CCN1C(=O)CC(C)C1=O.CNNC=O. The fourth-order valence-corrected chi connectivity index (χ4v) is 3.11. The van der Waals surface area contributed by atoms with Crippen molar-refractivity contribution in [3.05, 3.63) is 0 Å². The maximum absolute atomic E-state index is 12.2. The van der Waals surface area contributed by atoms with Gasteiger partial charge in [-0.25, -0.2) is 5.43 Å². The van der Waals surface area contributed by atoms with Crippen LogP contribution in [-0.4, -0.2) is 60.4 Å². The van der Waals surface area contributed by atoms with E-state index in [-0.39, 0.29) is 48.6 Å². The molecule has 1 rings (SSSR count). The predicted molar refractivity (Wildman–Crippen MR) is 115 cm³/mol. The molecule has 0 aromatic heterocycles. The van der Waals surface area contributed by atoms with Gasteiger partial charge in [-0.05, 0) is 40.5 Å². The van der Waals surface area contributed by atoms with Crippen molar-refractivity contribution in [1.29, 1.82) is 0 Å². The third kappa shape index (κ3) is 11.3. The fourth-order valence-electron chi connectivity index (χ4n) is 3.11. The average Bonchev–Trinajstić information content (AvgIpc) is 2.85. The molecule has 1 saturated heterocycles. The molecule has 0 bridgehead atoms. The van der Waals surface area contributed by atoms with Crippen LogP contribution in [0.5, 0.6) is 0 Å². The van der Waals surface area contributed by atoms with Crippen LogP contribution in [0.3, 0.4) is 0 Å². The summed E-state index contributed by atoms with van der Waals surface area (Å²) < 4.78 is 5.92. The Balaban J connectivity index is 0.00000150. The Morgan fingerprint density at radius 2 is 1.87 bits per heavy atom. The Bertz CT molecular complexity index is 578. The van der Waals surface area contributed by atoms with E-state index in [1.165, 1.54) is 4.90 Å². The first kappa shape index (κ1) is 28.0. The summed E-state index contributed by atoms with van der Waals surface area (Å²) >= 11 is 0. The topological polar surface area (TPSA) is 117 Å². The van der Waals surface area contributed by atoms with Gasteiger partial charge in [-0.15, -0.1) is 0 Å². The summed E-state index contributed by atoms with van der Waals surface area (Å²) in [5.41, 5.74) is 4.03. The number of carbonyl (C=O) groups excluding carboxylic acids is 4. The number of hydrazine groups is 1. The van der Waals surface area contributed by atoms with Crippen LogP contribution in [0.4, 0.5) is 0 Å². The standard InChI is InChI=1S/C19H34N2O4.C2H6N2O/c1-7-9-19(5,6)25-12-10-18(3,4)20-15(22)8-11-21-16(23)13-14(2)17(21)24;1-3-4-2-5/h14H,7-13H2,1-6H3,(H,20,22);2-3H,1H3,(H,4,5). The Labute approximate surface area is 180 Å². The monoisotopic (exact) mass is 428 g/mol. The lowest BCUT2D eigenvalue weighted by Crippen LogP contribution is -2.46. The zero-order chi connectivity index (χ0) is 23.4. The Morgan fingerprint density at radius 3 is 2.30 bits per heavy atom. The van der Waals surface area contributed by atoms with E-state index < -0.39 is 5.54 Å². The minimum Gasteiger partial charge on any atom is -0.375 e. The van der Waals surface area contributed by atoms with E-state index in [1.54, 1.807) is 14.0 Å². The van der Waals surface area contributed by atoms with Gasteiger partial charge < -0.3 is 10.1 Å². The molecular weight excluding hydrogens is 388 g/mol. The molecule has 0 aromatic rings. The highest BCUT2D eigenvalue weighted by atomic mass is 16.5. The molecule has 0 spiro atoms. The van der Waals surface area contributed by atoms with Crippen LogP contribution in [0.25, 0.3) is 0 Å². The van der Waals surface area contributed by atoms with E-state index in [4.69, 9.17) is 4.74 Å². The van der Waals surface area contributed by atoms with Crippen molar-refractivity contribution < 1.29 is 23.9 Å². The van der Waals surface area contributed by atoms with Crippen molar-refractivity contribution in [2.24, 2.45) is 5.92 Å². The number of nitrogens with one attached hydrogen (secondary N) is 3. The van der Waals surface area contributed by atoms with Gasteiger partial charge in [0, 0.05) is 44.5 Å². The summed E-state index contributed by atoms with van der Waals surface area (Å²) in [7, 11) is 1.62. The van der Waals surface area contributed by atoms with Crippen molar-refractivity contribution in [1.82, 2.24) is 21.1 Å². The second kappa shape index (κ2) is 13.3. The number of hydrogen-bond donors (Lipinski definition) is 3. The smallest absolute Gasteiger partial charge is 0.232 e. The molecule has 1 unspecified atom stereocenters. The van der Waals surface area contributed by atoms with Crippen molar-refractivity contribution in [2.45, 2.75) is 84.8 Å². The summed E-state index contributed by atoms with van der Waals surface area (Å²) in [6, 6.07) is 0. The first-order chi connectivity index (χ1) is 13.9. The molecule has 0 aromatic carbocycles. The Hall–Kier alpha value is -2.00. The zero-order valence-corrected chi connectivity index (χ0v) is 19.6. The average molecular weight is 429 g/mol. The van der Waals surface area contributed by atoms with Crippen LogP contribution in [0.2, 0.25) is 0 Å². The van der Waals surface area contributed by atoms with Crippen LogP contribution in [-0.2, 0) is 23.9 Å². The lowest BCUT2D eigenvalue weighted by Gasteiger charge is -2.30. The van der Waals surface area contributed by atoms with E-state index in [0.717, 1.165) is 12.8 Å². The van der Waals surface area contributed by atoms with Gasteiger partial charge in [0.1, 0.15) is 0 Å². The normalized spacial score (nSPS) is 16.8. The first-order valence-electron chi connectivity index (χ1n) is 10.5. The van der Waals surface area contributed by atoms with Crippen LogP contribution in [0.15, 0.2) is 0 Å². The quantitative estimate of drug-likeness (QED) is 0.246. The van der Waals surface area contributed by atoms with E-state index in [0.29, 0.717) is 19.4 Å². The van der Waals surface area contributed by atoms with E-state index in [9.17, 15) is 19.2 Å². The highest BCUT2D eigenvalue weighted by molar-refractivity contribution is 6.03. The van der Waals surface area contributed by atoms with Crippen LogP contribution in [0.1, 0.15) is 73.6 Å². The van der Waals surface area contributed by atoms with Crippen LogP contribution >= 0.6 is 0 Å². The highest BCUT2D eigenvalue weighted by Crippen LogP contribution is 2.20. The second-order valence-electron chi connectivity index (χ2n) is 8.79. The summed E-state index contributed by atoms with van der Waals surface area (Å²) in [4.78, 5) is 46.2. The number of ether oxygens (including phenoxy) is 1. The molecule has 0 saturated carbocycles. The van der Waals surface area contributed by atoms with E-state index in [2.05, 4.69) is 36.9 Å². The van der Waals surface area contributed by atoms with E-state index in [1.807, 2.05) is 13.8 Å². The third-order valence-corrected chi connectivity index (χ3v) is 4.78. The number of rotatable bonds is 12. The van der Waals surface area contributed by atoms with Crippen LogP contribution in [0, 0.1) is 5.92 Å². The second-order valence-corrected chi connectivity index (χ2v) is 8.79. The van der Waals surface area contributed by atoms with Gasteiger partial charge in [-0.1, -0.05) is 20.3 Å². The molecule has 1 aliphatic rings. The number of carbonyl (C=O) groups is 4. The van der Waals surface area contributed by atoms with Gasteiger partial charge in [-0.2, -0.15) is 0 Å². The number of imide groups is 1. The number of nitrogens with zero attached hydrogens (tertiary/aromatic N) is 1. The fraction of sp³-hybridized carbons (Fsp3) is 0.810. The van der Waals surface area contributed by atoms with Gasteiger partial charge in [-0.3, -0.25) is 29.5 Å². The Kier molecular flexibility index (Phi) is 12.4. The van der Waals surface area contributed by atoms with Crippen molar-refractivity contribution >= 4 is 24.1 Å². The molecule has 1 heterocycles. The predicted octanol–water partition coefficient (Wildman–Crippen LogP) is 1.52. The lowest BCUT2D eigenvalue weighted by molar-refractivity contribution is -0.139. The summed E-state index contributed by atoms with van der Waals surface area (Å²) in [6.07, 6.45) is 3.72. The van der Waals surface area contributed by atoms with Gasteiger partial charge in [0.2, 0.25) is 24.1 Å². The minimum absolute atomic E-state index is 0.135.